The molecule has 0 saturated carbocycles. The molecule has 2 aromatic heterocycles. The first-order chi connectivity index (χ1) is 16.2. The fourth-order valence-electron chi connectivity index (χ4n) is 2.96. The number of pyridine rings is 1. The van der Waals surface area contributed by atoms with E-state index in [4.69, 9.17) is 9.47 Å². The maximum Gasteiger partial charge on any atom is 0.419 e. The molecule has 0 unspecified atom stereocenters. The number of amides is 2. The summed E-state index contributed by atoms with van der Waals surface area (Å²) < 4.78 is 12.4. The van der Waals surface area contributed by atoms with Crippen molar-refractivity contribution >= 4 is 23.7 Å². The Morgan fingerprint density at radius 2 is 1.66 bits per heavy atom. The first-order valence-corrected chi connectivity index (χ1v) is 11.3. The predicted molar refractivity (Wildman–Crippen MR) is 130 cm³/mol. The molecule has 0 aromatic carbocycles. The number of ether oxygens (including phenoxy) is 2. The van der Waals surface area contributed by atoms with Gasteiger partial charge in [0.1, 0.15) is 23.3 Å². The van der Waals surface area contributed by atoms with E-state index in [2.05, 4.69) is 9.97 Å². The van der Waals surface area contributed by atoms with E-state index in [0.717, 1.165) is 4.90 Å². The topological polar surface area (TPSA) is 124 Å². The SMILES string of the molecule is C[C@@H](C/C=C(\C(=O)O)c1cn(-c2ccccn2)cn1)CN(C(=O)OC(C)(C)C)C(=O)OC(C)(C)C. The Bertz CT molecular complexity index is 1040. The maximum atomic E-state index is 12.7. The normalized spacial score (nSPS) is 13.2. The highest BCUT2D eigenvalue weighted by Gasteiger charge is 2.32. The van der Waals surface area contributed by atoms with E-state index >= 15 is 0 Å². The third-order valence-electron chi connectivity index (χ3n) is 4.45. The van der Waals surface area contributed by atoms with Crippen LogP contribution in [0.25, 0.3) is 11.4 Å². The fraction of sp³-hybridized carbons (Fsp3) is 0.480. The number of imidazole rings is 1. The molecule has 0 fully saturated rings. The second kappa shape index (κ2) is 11.2. The Morgan fingerprint density at radius 3 is 2.14 bits per heavy atom. The summed E-state index contributed by atoms with van der Waals surface area (Å²) in [6.45, 7) is 12.0. The molecule has 2 amide bonds. The number of carboxylic acids is 1. The van der Waals surface area contributed by atoms with Crippen LogP contribution in [0.4, 0.5) is 9.59 Å². The number of hydrogen-bond donors (Lipinski definition) is 1. The molecule has 0 aliphatic carbocycles. The van der Waals surface area contributed by atoms with Gasteiger partial charge in [0.25, 0.3) is 0 Å². The van der Waals surface area contributed by atoms with Crippen LogP contribution in [0.15, 0.2) is 43.0 Å². The molecule has 1 atom stereocenters. The van der Waals surface area contributed by atoms with E-state index in [1.165, 1.54) is 12.4 Å². The van der Waals surface area contributed by atoms with Crippen LogP contribution in [0, 0.1) is 5.92 Å². The lowest BCUT2D eigenvalue weighted by Crippen LogP contribution is -2.45. The smallest absolute Gasteiger partial charge is 0.419 e. The second-order valence-corrected chi connectivity index (χ2v) is 10.2. The summed E-state index contributed by atoms with van der Waals surface area (Å²) in [5.74, 6) is -0.823. The lowest BCUT2D eigenvalue weighted by Gasteiger charge is -2.29. The van der Waals surface area contributed by atoms with E-state index < -0.39 is 29.4 Å². The number of carbonyl (C=O) groups excluding carboxylic acids is 2. The number of rotatable bonds is 7. The number of carbonyl (C=O) groups is 3. The number of aromatic nitrogens is 3. The van der Waals surface area contributed by atoms with Gasteiger partial charge in [0, 0.05) is 18.9 Å². The fourth-order valence-corrected chi connectivity index (χ4v) is 2.96. The zero-order chi connectivity index (χ0) is 26.4. The number of imide groups is 1. The molecule has 1 N–H and O–H groups in total. The van der Waals surface area contributed by atoms with E-state index in [0.29, 0.717) is 5.82 Å². The molecule has 2 heterocycles. The van der Waals surface area contributed by atoms with Crippen LogP contribution in [-0.2, 0) is 14.3 Å². The quantitative estimate of drug-likeness (QED) is 0.546. The molecule has 190 valence electrons. The molecule has 10 heteroatoms. The first-order valence-electron chi connectivity index (χ1n) is 11.3. The Kier molecular flexibility index (Phi) is 8.78. The number of allylic oxidation sites excluding steroid dienone is 1. The van der Waals surface area contributed by atoms with Crippen LogP contribution in [0.3, 0.4) is 0 Å². The largest absolute Gasteiger partial charge is 0.478 e. The van der Waals surface area contributed by atoms with Crippen molar-refractivity contribution in [3.05, 3.63) is 48.7 Å². The van der Waals surface area contributed by atoms with E-state index in [1.54, 1.807) is 77.6 Å². The summed E-state index contributed by atoms with van der Waals surface area (Å²) in [4.78, 5) is 46.7. The average Bonchev–Trinajstić information content (AvgIpc) is 3.19. The minimum atomic E-state index is -1.14. The monoisotopic (exact) mass is 486 g/mol. The number of aliphatic carboxylic acids is 1. The van der Waals surface area contributed by atoms with Crippen LogP contribution in [-0.4, -0.2) is 60.4 Å². The van der Waals surface area contributed by atoms with Gasteiger partial charge in [-0.3, -0.25) is 4.57 Å². The molecule has 10 nitrogen and oxygen atoms in total. The number of carboxylic acid groups (broad SMARTS) is 1. The predicted octanol–water partition coefficient (Wildman–Crippen LogP) is 4.93. The molecule has 2 aromatic rings. The van der Waals surface area contributed by atoms with Crippen molar-refractivity contribution < 1.29 is 29.0 Å². The van der Waals surface area contributed by atoms with Gasteiger partial charge in [0.2, 0.25) is 0 Å². The van der Waals surface area contributed by atoms with Crippen molar-refractivity contribution in [3.63, 3.8) is 0 Å². The lowest BCUT2D eigenvalue weighted by atomic mass is 10.0. The molecule has 0 radical (unpaired) electrons. The van der Waals surface area contributed by atoms with Crippen molar-refractivity contribution in [2.24, 2.45) is 5.92 Å². The highest BCUT2D eigenvalue weighted by Crippen LogP contribution is 2.20. The minimum Gasteiger partial charge on any atom is -0.478 e. The molecular weight excluding hydrogens is 452 g/mol. The third kappa shape index (κ3) is 8.88. The second-order valence-electron chi connectivity index (χ2n) is 10.2. The molecule has 0 aliphatic rings. The number of nitrogens with zero attached hydrogens (tertiary/aromatic N) is 4. The van der Waals surface area contributed by atoms with Crippen LogP contribution >= 0.6 is 0 Å². The molecule has 0 bridgehead atoms. The standard InChI is InChI=1S/C25H34N4O6/c1-17(14-29(22(32)34-24(2,3)4)23(33)35-25(5,6)7)11-12-18(21(30)31)19-15-28(16-27-19)20-10-8-9-13-26-20/h8-10,12-13,15-17H,11,14H2,1-7H3,(H,30,31)/b18-12-/t17-/m0/s1. The van der Waals surface area contributed by atoms with Crippen molar-refractivity contribution in [1.82, 2.24) is 19.4 Å². The van der Waals surface area contributed by atoms with Crippen molar-refractivity contribution in [1.29, 1.82) is 0 Å². The molecule has 0 spiro atoms. The number of hydrogen-bond acceptors (Lipinski definition) is 7. The lowest BCUT2D eigenvalue weighted by molar-refractivity contribution is -0.130. The summed E-state index contributed by atoms with van der Waals surface area (Å²) in [5.41, 5.74) is -1.33. The molecular formula is C25H34N4O6. The van der Waals surface area contributed by atoms with Crippen LogP contribution in [0.2, 0.25) is 0 Å². The van der Waals surface area contributed by atoms with Gasteiger partial charge in [-0.2, -0.15) is 0 Å². The summed E-state index contributed by atoms with van der Waals surface area (Å²) in [5, 5.41) is 9.74. The zero-order valence-corrected chi connectivity index (χ0v) is 21.3. The average molecular weight is 487 g/mol. The Labute approximate surface area is 205 Å². The van der Waals surface area contributed by atoms with Crippen molar-refractivity contribution in [2.75, 3.05) is 6.54 Å². The van der Waals surface area contributed by atoms with Gasteiger partial charge in [0.05, 0.1) is 11.3 Å². The van der Waals surface area contributed by atoms with Gasteiger partial charge >= 0.3 is 18.2 Å². The van der Waals surface area contributed by atoms with Gasteiger partial charge < -0.3 is 14.6 Å². The molecule has 0 aliphatic heterocycles. The Morgan fingerprint density at radius 1 is 1.06 bits per heavy atom. The highest BCUT2D eigenvalue weighted by molar-refractivity contribution is 6.14. The highest BCUT2D eigenvalue weighted by atomic mass is 16.6. The Balaban J connectivity index is 2.19. The maximum absolute atomic E-state index is 12.7. The van der Waals surface area contributed by atoms with Gasteiger partial charge in [-0.05, 0) is 66.0 Å². The van der Waals surface area contributed by atoms with Crippen molar-refractivity contribution in [3.8, 4) is 5.82 Å². The van der Waals surface area contributed by atoms with E-state index in [-0.39, 0.29) is 30.2 Å². The van der Waals surface area contributed by atoms with Crippen LogP contribution < -0.4 is 0 Å². The third-order valence-corrected chi connectivity index (χ3v) is 4.45. The van der Waals surface area contributed by atoms with E-state index in [1.807, 2.05) is 6.07 Å². The van der Waals surface area contributed by atoms with Crippen LogP contribution in [0.5, 0.6) is 0 Å². The Hall–Kier alpha value is -3.69. The summed E-state index contributed by atoms with van der Waals surface area (Å²) in [6.07, 6.45) is 4.85. The molecule has 0 saturated heterocycles. The summed E-state index contributed by atoms with van der Waals surface area (Å²) in [7, 11) is 0. The molecule has 2 rings (SSSR count). The van der Waals surface area contributed by atoms with Gasteiger partial charge in [-0.25, -0.2) is 29.3 Å². The van der Waals surface area contributed by atoms with E-state index in [9.17, 15) is 19.5 Å². The summed E-state index contributed by atoms with van der Waals surface area (Å²) >= 11 is 0. The van der Waals surface area contributed by atoms with Gasteiger partial charge in [-0.1, -0.05) is 19.1 Å². The van der Waals surface area contributed by atoms with Gasteiger partial charge in [-0.15, -0.1) is 0 Å². The summed E-state index contributed by atoms with van der Waals surface area (Å²) in [6, 6.07) is 5.38. The molecule has 35 heavy (non-hydrogen) atoms. The van der Waals surface area contributed by atoms with Gasteiger partial charge in [0.15, 0.2) is 0 Å². The zero-order valence-electron chi connectivity index (χ0n) is 21.3. The van der Waals surface area contributed by atoms with Crippen molar-refractivity contribution in [2.45, 2.75) is 66.1 Å². The van der Waals surface area contributed by atoms with Crippen LogP contribution in [0.1, 0.15) is 60.6 Å². The minimum absolute atomic E-state index is 0.00705. The first kappa shape index (κ1) is 27.6.